The van der Waals surface area contributed by atoms with Crippen molar-refractivity contribution in [1.29, 1.82) is 0 Å². The molecule has 1 fully saturated rings. The van der Waals surface area contributed by atoms with Gasteiger partial charge in [0, 0.05) is 41.4 Å². The number of rotatable bonds is 5. The van der Waals surface area contributed by atoms with Crippen LogP contribution in [0.4, 0.5) is 0 Å². The van der Waals surface area contributed by atoms with E-state index in [2.05, 4.69) is 27.0 Å². The number of fused-ring (bicyclic) bond motifs is 1. The van der Waals surface area contributed by atoms with Gasteiger partial charge in [-0.05, 0) is 5.92 Å². The highest BCUT2D eigenvalue weighted by Gasteiger charge is 2.31. The Morgan fingerprint density at radius 2 is 2.04 bits per heavy atom. The minimum atomic E-state index is 0.00752. The molecule has 0 unspecified atom stereocenters. The molecular weight excluding hydrogens is 334 g/mol. The van der Waals surface area contributed by atoms with Crippen LogP contribution in [-0.2, 0) is 17.0 Å². The zero-order valence-electron chi connectivity index (χ0n) is 15.0. The molecule has 0 N–H and O–H groups in total. The first-order chi connectivity index (χ1) is 12.1. The second-order valence-corrected chi connectivity index (χ2v) is 7.65. The van der Waals surface area contributed by atoms with E-state index in [4.69, 9.17) is 9.84 Å². The highest BCUT2D eigenvalue weighted by molar-refractivity contribution is 8.02. The maximum Gasteiger partial charge on any atom is 0.274 e. The Morgan fingerprint density at radius 3 is 2.64 bits per heavy atom. The van der Waals surface area contributed by atoms with Crippen LogP contribution in [-0.4, -0.2) is 46.9 Å². The number of thioether (sulfide) groups is 1. The van der Waals surface area contributed by atoms with Gasteiger partial charge in [0.25, 0.3) is 5.91 Å². The third-order valence-electron chi connectivity index (χ3n) is 4.37. The number of nitrogens with zero attached hydrogens (tertiary/aromatic N) is 3. The number of carbonyl (C=O) groups is 1. The highest BCUT2D eigenvalue weighted by Crippen LogP contribution is 2.40. The van der Waals surface area contributed by atoms with E-state index in [0.717, 1.165) is 34.0 Å². The van der Waals surface area contributed by atoms with Crippen molar-refractivity contribution in [3.63, 3.8) is 0 Å². The lowest BCUT2D eigenvalue weighted by molar-refractivity contribution is 0.0298. The molecule has 0 spiro atoms. The minimum absolute atomic E-state index is 0.00752. The molecule has 1 aromatic heterocycles. The number of amides is 1. The molecule has 0 atom stereocenters. The topological polar surface area (TPSA) is 47.4 Å². The molecule has 134 valence electrons. The molecule has 0 bridgehead atoms. The van der Waals surface area contributed by atoms with E-state index in [-0.39, 0.29) is 5.91 Å². The normalized spacial score (nSPS) is 17.6. The fourth-order valence-corrected chi connectivity index (χ4v) is 4.24. The molecule has 0 aromatic carbocycles. The van der Waals surface area contributed by atoms with Crippen LogP contribution in [0, 0.1) is 5.92 Å². The summed E-state index contributed by atoms with van der Waals surface area (Å²) in [6.45, 7) is 15.4. The average molecular weight is 359 g/mol. The van der Waals surface area contributed by atoms with Crippen molar-refractivity contribution in [2.24, 2.45) is 5.92 Å². The number of ether oxygens (including phenoxy) is 1. The van der Waals surface area contributed by atoms with Gasteiger partial charge in [0.2, 0.25) is 0 Å². The van der Waals surface area contributed by atoms with Crippen molar-refractivity contribution >= 4 is 23.2 Å². The van der Waals surface area contributed by atoms with Crippen LogP contribution in [0.15, 0.2) is 30.2 Å². The summed E-state index contributed by atoms with van der Waals surface area (Å²) in [6.07, 6.45) is 3.71. The van der Waals surface area contributed by atoms with E-state index in [1.54, 1.807) is 11.8 Å². The molecule has 5 nitrogen and oxygen atoms in total. The molecule has 3 rings (SSSR count). The van der Waals surface area contributed by atoms with Crippen LogP contribution < -0.4 is 0 Å². The van der Waals surface area contributed by atoms with Crippen molar-refractivity contribution in [3.8, 4) is 0 Å². The van der Waals surface area contributed by atoms with E-state index in [0.29, 0.717) is 37.9 Å². The summed E-state index contributed by atoms with van der Waals surface area (Å²) in [5.74, 6) is 1.17. The number of carbonyl (C=O) groups excluding carboxylic acids is 1. The fourth-order valence-electron chi connectivity index (χ4n) is 3.21. The largest absolute Gasteiger partial charge is 0.378 e. The number of aromatic nitrogens is 2. The summed E-state index contributed by atoms with van der Waals surface area (Å²) in [4.78, 5) is 16.0. The predicted octanol–water partition coefficient (Wildman–Crippen LogP) is 3.34. The number of allylic oxidation sites excluding steroid dienone is 3. The summed E-state index contributed by atoms with van der Waals surface area (Å²) in [5, 5.41) is 4.73. The molecule has 0 saturated carbocycles. The summed E-state index contributed by atoms with van der Waals surface area (Å²) in [7, 11) is 0. The Labute approximate surface area is 153 Å². The Balaban J connectivity index is 2.08. The maximum atomic E-state index is 13.0. The Hall–Kier alpha value is -1.79. The van der Waals surface area contributed by atoms with Gasteiger partial charge in [0.05, 0.1) is 18.9 Å². The third-order valence-corrected chi connectivity index (χ3v) is 5.50. The number of morpholine rings is 1. The van der Waals surface area contributed by atoms with Gasteiger partial charge in [-0.15, -0.1) is 11.8 Å². The first-order valence-electron chi connectivity index (χ1n) is 8.65. The molecular formula is C19H25N3O2S. The van der Waals surface area contributed by atoms with Gasteiger partial charge in [-0.1, -0.05) is 39.2 Å². The van der Waals surface area contributed by atoms with E-state index in [9.17, 15) is 4.79 Å². The fraction of sp³-hybridized carbons (Fsp3) is 0.474. The van der Waals surface area contributed by atoms with Gasteiger partial charge in [-0.2, -0.15) is 5.10 Å². The summed E-state index contributed by atoms with van der Waals surface area (Å²) in [6, 6.07) is 0. The molecule has 25 heavy (non-hydrogen) atoms. The minimum Gasteiger partial charge on any atom is -0.378 e. The molecule has 1 saturated heterocycles. The maximum absolute atomic E-state index is 13.0. The van der Waals surface area contributed by atoms with E-state index in [1.165, 1.54) is 0 Å². The molecule has 2 aliphatic rings. The molecule has 1 amide bonds. The zero-order chi connectivity index (χ0) is 18.0. The van der Waals surface area contributed by atoms with Gasteiger partial charge in [-0.25, -0.2) is 0 Å². The van der Waals surface area contributed by atoms with E-state index in [1.807, 2.05) is 21.7 Å². The summed E-state index contributed by atoms with van der Waals surface area (Å²) < 4.78 is 7.34. The molecule has 0 radical (unpaired) electrons. The van der Waals surface area contributed by atoms with Gasteiger partial charge in [-0.3, -0.25) is 9.48 Å². The first kappa shape index (κ1) is 18.0. The van der Waals surface area contributed by atoms with Crippen LogP contribution in [0.2, 0.25) is 0 Å². The van der Waals surface area contributed by atoms with Crippen molar-refractivity contribution in [2.75, 3.05) is 26.3 Å². The SMILES string of the molecule is C=CC1=C(C=C)c2c(c(C(=O)N3CCOCC3)nn2CC(C)C)CS1. The van der Waals surface area contributed by atoms with Gasteiger partial charge in [0.1, 0.15) is 0 Å². The van der Waals surface area contributed by atoms with Crippen LogP contribution in [0.25, 0.3) is 5.57 Å². The lowest BCUT2D eigenvalue weighted by atomic mass is 10.0. The molecule has 2 aliphatic heterocycles. The van der Waals surface area contributed by atoms with Crippen LogP contribution >= 0.6 is 11.8 Å². The van der Waals surface area contributed by atoms with Crippen LogP contribution in [0.5, 0.6) is 0 Å². The van der Waals surface area contributed by atoms with Crippen molar-refractivity contribution in [3.05, 3.63) is 47.2 Å². The second kappa shape index (κ2) is 7.62. The van der Waals surface area contributed by atoms with Crippen LogP contribution in [0.1, 0.15) is 35.6 Å². The van der Waals surface area contributed by atoms with E-state index >= 15 is 0 Å². The first-order valence-corrected chi connectivity index (χ1v) is 9.64. The molecule has 0 aliphatic carbocycles. The second-order valence-electron chi connectivity index (χ2n) is 6.63. The average Bonchev–Trinajstić information content (AvgIpc) is 2.98. The Bertz CT molecular complexity index is 727. The van der Waals surface area contributed by atoms with Gasteiger partial charge >= 0.3 is 0 Å². The van der Waals surface area contributed by atoms with Crippen molar-refractivity contribution in [2.45, 2.75) is 26.1 Å². The summed E-state index contributed by atoms with van der Waals surface area (Å²) in [5.41, 5.74) is 3.64. The zero-order valence-corrected chi connectivity index (χ0v) is 15.8. The van der Waals surface area contributed by atoms with Crippen molar-refractivity contribution < 1.29 is 9.53 Å². The highest BCUT2D eigenvalue weighted by atomic mass is 32.2. The predicted molar refractivity (Wildman–Crippen MR) is 102 cm³/mol. The lowest BCUT2D eigenvalue weighted by Gasteiger charge is -2.26. The Morgan fingerprint density at radius 1 is 1.32 bits per heavy atom. The van der Waals surface area contributed by atoms with Gasteiger partial charge < -0.3 is 9.64 Å². The quantitative estimate of drug-likeness (QED) is 0.809. The lowest BCUT2D eigenvalue weighted by Crippen LogP contribution is -2.41. The third kappa shape index (κ3) is 3.46. The molecule has 3 heterocycles. The van der Waals surface area contributed by atoms with E-state index < -0.39 is 0 Å². The Kier molecular flexibility index (Phi) is 5.49. The smallest absolute Gasteiger partial charge is 0.274 e. The molecule has 1 aromatic rings. The molecule has 6 heteroatoms. The standard InChI is InChI=1S/C19H25N3O2S/c1-5-14-16(6-2)25-12-15-17(19(23)21-7-9-24-10-8-21)20-22(18(14)15)11-13(3)4/h5-6,13H,1-2,7-12H2,3-4H3. The monoisotopic (exact) mass is 359 g/mol. The summed E-state index contributed by atoms with van der Waals surface area (Å²) >= 11 is 1.69. The van der Waals surface area contributed by atoms with Crippen LogP contribution in [0.3, 0.4) is 0 Å². The number of hydrogen-bond acceptors (Lipinski definition) is 4. The van der Waals surface area contributed by atoms with Crippen molar-refractivity contribution in [1.82, 2.24) is 14.7 Å². The number of hydrogen-bond donors (Lipinski definition) is 0. The van der Waals surface area contributed by atoms with Gasteiger partial charge in [0.15, 0.2) is 5.69 Å².